The first-order valence-electron chi connectivity index (χ1n) is 8.28. The minimum atomic E-state index is -0.416. The number of hydrogen-bond donors (Lipinski definition) is 1. The first kappa shape index (κ1) is 14.6. The zero-order chi connectivity index (χ0) is 14.9. The number of allylic oxidation sites excluding steroid dienone is 2. The fourth-order valence-corrected chi connectivity index (χ4v) is 4.12. The summed E-state index contributed by atoms with van der Waals surface area (Å²) in [6.07, 6.45) is 11.7. The van der Waals surface area contributed by atoms with E-state index in [1.807, 2.05) is 0 Å². The van der Waals surface area contributed by atoms with Crippen LogP contribution < -0.4 is 5.32 Å². The van der Waals surface area contributed by atoms with Crippen molar-refractivity contribution in [3.05, 3.63) is 11.6 Å². The van der Waals surface area contributed by atoms with E-state index in [4.69, 9.17) is 4.84 Å². The minimum absolute atomic E-state index is 0.265. The SMILES string of the molecule is CC1(C)C2CC=C(/C=N/OC(=O)NC3CCCCC3)C1C2. The Morgan fingerprint density at radius 3 is 2.81 bits per heavy atom. The molecule has 0 radical (unpaired) electrons. The van der Waals surface area contributed by atoms with Crippen LogP contribution in [0.1, 0.15) is 58.8 Å². The lowest BCUT2D eigenvalue weighted by atomic mass is 9.49. The third kappa shape index (κ3) is 2.99. The van der Waals surface area contributed by atoms with Gasteiger partial charge in [0.25, 0.3) is 0 Å². The molecule has 2 unspecified atom stereocenters. The maximum Gasteiger partial charge on any atom is 0.433 e. The number of fused-ring (bicyclic) bond motifs is 1. The molecule has 2 fully saturated rings. The summed E-state index contributed by atoms with van der Waals surface area (Å²) in [4.78, 5) is 16.7. The van der Waals surface area contributed by atoms with E-state index in [1.54, 1.807) is 6.21 Å². The zero-order valence-electron chi connectivity index (χ0n) is 13.1. The molecule has 1 N–H and O–H groups in total. The fourth-order valence-electron chi connectivity index (χ4n) is 4.12. The summed E-state index contributed by atoms with van der Waals surface area (Å²) in [5.41, 5.74) is 1.61. The van der Waals surface area contributed by atoms with Crippen molar-refractivity contribution in [2.75, 3.05) is 0 Å². The molecular weight excluding hydrogens is 264 g/mol. The van der Waals surface area contributed by atoms with Gasteiger partial charge in [-0.1, -0.05) is 44.3 Å². The summed E-state index contributed by atoms with van der Waals surface area (Å²) in [6.45, 7) is 4.65. The van der Waals surface area contributed by atoms with Gasteiger partial charge in [0.15, 0.2) is 0 Å². The second-order valence-electron chi connectivity index (χ2n) is 7.34. The van der Waals surface area contributed by atoms with E-state index in [-0.39, 0.29) is 6.04 Å². The van der Waals surface area contributed by atoms with Gasteiger partial charge >= 0.3 is 6.09 Å². The number of carbonyl (C=O) groups is 1. The smallest absolute Gasteiger partial charge is 0.317 e. The van der Waals surface area contributed by atoms with Gasteiger partial charge < -0.3 is 5.32 Å². The first-order valence-corrected chi connectivity index (χ1v) is 8.28. The van der Waals surface area contributed by atoms with Crippen LogP contribution in [0.4, 0.5) is 4.79 Å². The van der Waals surface area contributed by atoms with Crippen molar-refractivity contribution in [2.24, 2.45) is 22.4 Å². The van der Waals surface area contributed by atoms with Gasteiger partial charge in [-0.25, -0.2) is 4.79 Å². The Bertz CT molecular complexity index is 461. The van der Waals surface area contributed by atoms with Crippen molar-refractivity contribution in [3.8, 4) is 0 Å². The Labute approximate surface area is 127 Å². The van der Waals surface area contributed by atoms with E-state index in [0.29, 0.717) is 11.3 Å². The summed E-state index contributed by atoms with van der Waals surface area (Å²) >= 11 is 0. The van der Waals surface area contributed by atoms with Crippen molar-refractivity contribution in [1.29, 1.82) is 0 Å². The number of rotatable bonds is 3. The maximum atomic E-state index is 11.7. The molecule has 0 aliphatic heterocycles. The number of nitrogens with zero attached hydrogens (tertiary/aromatic N) is 1. The van der Waals surface area contributed by atoms with Crippen LogP contribution in [0.25, 0.3) is 0 Å². The summed E-state index contributed by atoms with van der Waals surface area (Å²) in [5.74, 6) is 1.39. The number of amides is 1. The quantitative estimate of drug-likeness (QED) is 0.485. The maximum absolute atomic E-state index is 11.7. The summed E-state index contributed by atoms with van der Waals surface area (Å²) in [6, 6.07) is 0.265. The van der Waals surface area contributed by atoms with Gasteiger partial charge in [0.2, 0.25) is 0 Å². The molecule has 4 aliphatic carbocycles. The molecule has 4 aliphatic rings. The molecule has 4 heteroatoms. The molecule has 0 aromatic carbocycles. The molecule has 0 spiro atoms. The van der Waals surface area contributed by atoms with Crippen molar-refractivity contribution in [2.45, 2.75) is 64.8 Å². The second-order valence-corrected chi connectivity index (χ2v) is 7.34. The van der Waals surface area contributed by atoms with E-state index in [2.05, 4.69) is 30.4 Å². The van der Waals surface area contributed by atoms with Crippen LogP contribution in [0.2, 0.25) is 0 Å². The third-order valence-electron chi connectivity index (χ3n) is 5.78. The van der Waals surface area contributed by atoms with E-state index >= 15 is 0 Å². The van der Waals surface area contributed by atoms with Crippen molar-refractivity contribution < 1.29 is 9.63 Å². The highest BCUT2D eigenvalue weighted by molar-refractivity contribution is 5.81. The molecule has 1 amide bonds. The van der Waals surface area contributed by atoms with E-state index in [0.717, 1.165) is 25.2 Å². The van der Waals surface area contributed by atoms with Gasteiger partial charge in [-0.05, 0) is 48.5 Å². The zero-order valence-corrected chi connectivity index (χ0v) is 13.1. The molecule has 0 aromatic rings. The first-order chi connectivity index (χ1) is 10.1. The van der Waals surface area contributed by atoms with Crippen molar-refractivity contribution in [1.82, 2.24) is 5.32 Å². The highest BCUT2D eigenvalue weighted by Crippen LogP contribution is 2.58. The van der Waals surface area contributed by atoms with Crippen molar-refractivity contribution in [3.63, 3.8) is 0 Å². The molecule has 0 heterocycles. The normalized spacial score (nSPS) is 31.4. The van der Waals surface area contributed by atoms with Crippen LogP contribution in [0, 0.1) is 17.3 Å². The Kier molecular flexibility index (Phi) is 4.05. The Morgan fingerprint density at radius 2 is 2.14 bits per heavy atom. The lowest BCUT2D eigenvalue weighted by Crippen LogP contribution is -2.48. The number of oxime groups is 1. The van der Waals surface area contributed by atoms with Crippen LogP contribution >= 0.6 is 0 Å². The molecule has 2 saturated carbocycles. The van der Waals surface area contributed by atoms with E-state index < -0.39 is 6.09 Å². The average molecular weight is 290 g/mol. The van der Waals surface area contributed by atoms with E-state index in [1.165, 1.54) is 31.3 Å². The molecule has 0 aromatic heterocycles. The van der Waals surface area contributed by atoms with Crippen LogP contribution in [-0.4, -0.2) is 18.3 Å². The van der Waals surface area contributed by atoms with Gasteiger partial charge in [0.1, 0.15) is 0 Å². The topological polar surface area (TPSA) is 50.7 Å². The van der Waals surface area contributed by atoms with Crippen molar-refractivity contribution >= 4 is 12.3 Å². The summed E-state index contributed by atoms with van der Waals surface area (Å²) in [7, 11) is 0. The fraction of sp³-hybridized carbons (Fsp3) is 0.765. The second kappa shape index (κ2) is 5.82. The summed E-state index contributed by atoms with van der Waals surface area (Å²) in [5, 5.41) is 6.80. The van der Waals surface area contributed by atoms with Gasteiger partial charge in [-0.2, -0.15) is 0 Å². The highest BCUT2D eigenvalue weighted by atomic mass is 16.7. The Morgan fingerprint density at radius 1 is 1.38 bits per heavy atom. The van der Waals surface area contributed by atoms with Crippen LogP contribution in [-0.2, 0) is 4.84 Å². The highest BCUT2D eigenvalue weighted by Gasteiger charge is 2.50. The van der Waals surface area contributed by atoms with Gasteiger partial charge in [0, 0.05) is 6.04 Å². The summed E-state index contributed by atoms with van der Waals surface area (Å²) < 4.78 is 0. The standard InChI is InChI=1S/C17H26N2O2/c1-17(2)13-9-8-12(15(17)10-13)11-18-21-16(20)19-14-6-4-3-5-7-14/h8,11,13-15H,3-7,9-10H2,1-2H3,(H,19,20)/b18-11+. The molecule has 4 rings (SSSR count). The molecule has 2 atom stereocenters. The van der Waals surface area contributed by atoms with Crippen LogP contribution in [0.3, 0.4) is 0 Å². The molecule has 4 nitrogen and oxygen atoms in total. The minimum Gasteiger partial charge on any atom is -0.317 e. The van der Waals surface area contributed by atoms with Gasteiger partial charge in [-0.15, -0.1) is 0 Å². The van der Waals surface area contributed by atoms with E-state index in [9.17, 15) is 4.79 Å². The molecule has 2 bridgehead atoms. The number of carbonyl (C=O) groups excluding carboxylic acids is 1. The Hall–Kier alpha value is -1.32. The predicted molar refractivity (Wildman–Crippen MR) is 83.1 cm³/mol. The third-order valence-corrected chi connectivity index (χ3v) is 5.78. The molecule has 21 heavy (non-hydrogen) atoms. The number of nitrogens with one attached hydrogen (secondary N) is 1. The number of hydrogen-bond acceptors (Lipinski definition) is 3. The van der Waals surface area contributed by atoms with Crippen LogP contribution in [0.5, 0.6) is 0 Å². The Balaban J connectivity index is 1.46. The molecule has 0 saturated heterocycles. The largest absolute Gasteiger partial charge is 0.433 e. The lowest BCUT2D eigenvalue weighted by Gasteiger charge is -2.55. The predicted octanol–water partition coefficient (Wildman–Crippen LogP) is 4.02. The van der Waals surface area contributed by atoms with Gasteiger partial charge in [-0.3, -0.25) is 4.84 Å². The lowest BCUT2D eigenvalue weighted by molar-refractivity contribution is -0.00144. The monoisotopic (exact) mass is 290 g/mol. The van der Waals surface area contributed by atoms with Crippen LogP contribution in [0.15, 0.2) is 16.8 Å². The van der Waals surface area contributed by atoms with Gasteiger partial charge in [0.05, 0.1) is 6.21 Å². The average Bonchev–Trinajstić information content (AvgIpc) is 2.48. The molecular formula is C17H26N2O2. The molecule has 116 valence electrons.